The SMILES string of the molecule is C=CCC(O[Si](C)(C)C(C)(C)C)C(=O)N[C@@H](CO)c1ccccc1. The van der Waals surface area contributed by atoms with Crippen molar-refractivity contribution in [3.8, 4) is 0 Å². The highest BCUT2D eigenvalue weighted by molar-refractivity contribution is 6.74. The van der Waals surface area contributed by atoms with Gasteiger partial charge in [-0.3, -0.25) is 4.79 Å². The van der Waals surface area contributed by atoms with Gasteiger partial charge in [-0.25, -0.2) is 0 Å². The highest BCUT2D eigenvalue weighted by atomic mass is 28.4. The zero-order chi connectivity index (χ0) is 18.4. The Balaban J connectivity index is 2.88. The van der Waals surface area contributed by atoms with E-state index in [-0.39, 0.29) is 17.6 Å². The molecule has 24 heavy (non-hydrogen) atoms. The van der Waals surface area contributed by atoms with Gasteiger partial charge in [0.25, 0.3) is 0 Å². The summed E-state index contributed by atoms with van der Waals surface area (Å²) < 4.78 is 6.26. The molecule has 134 valence electrons. The Morgan fingerprint density at radius 1 is 1.33 bits per heavy atom. The zero-order valence-electron chi connectivity index (χ0n) is 15.5. The highest BCUT2D eigenvalue weighted by Crippen LogP contribution is 2.37. The van der Waals surface area contributed by atoms with Crippen LogP contribution in [-0.4, -0.2) is 32.0 Å². The van der Waals surface area contributed by atoms with Crippen molar-refractivity contribution in [3.05, 3.63) is 48.6 Å². The molecule has 0 heterocycles. The number of aliphatic hydroxyl groups is 1. The first-order valence-corrected chi connectivity index (χ1v) is 11.3. The molecule has 1 rings (SSSR count). The van der Waals surface area contributed by atoms with Crippen molar-refractivity contribution in [2.45, 2.75) is 57.5 Å². The van der Waals surface area contributed by atoms with Gasteiger partial charge in [-0.15, -0.1) is 6.58 Å². The summed E-state index contributed by atoms with van der Waals surface area (Å²) in [7, 11) is -2.08. The number of benzene rings is 1. The quantitative estimate of drug-likeness (QED) is 0.554. The molecule has 0 aromatic heterocycles. The molecule has 0 saturated carbocycles. The van der Waals surface area contributed by atoms with Crippen LogP contribution in [-0.2, 0) is 9.22 Å². The molecule has 1 unspecified atom stereocenters. The second-order valence-corrected chi connectivity index (χ2v) is 12.3. The molecule has 2 atom stereocenters. The Hall–Kier alpha value is -1.43. The number of carbonyl (C=O) groups excluding carboxylic acids is 1. The summed E-state index contributed by atoms with van der Waals surface area (Å²) in [5.41, 5.74) is 0.873. The van der Waals surface area contributed by atoms with Crippen LogP contribution in [0.1, 0.15) is 38.8 Å². The molecule has 0 aliphatic carbocycles. The van der Waals surface area contributed by atoms with Crippen molar-refractivity contribution in [2.75, 3.05) is 6.61 Å². The van der Waals surface area contributed by atoms with Gasteiger partial charge < -0.3 is 14.8 Å². The average molecular weight is 350 g/mol. The fourth-order valence-electron chi connectivity index (χ4n) is 2.08. The van der Waals surface area contributed by atoms with Crippen molar-refractivity contribution in [1.82, 2.24) is 5.32 Å². The van der Waals surface area contributed by atoms with E-state index in [0.29, 0.717) is 6.42 Å². The van der Waals surface area contributed by atoms with E-state index in [9.17, 15) is 9.90 Å². The van der Waals surface area contributed by atoms with Crippen LogP contribution in [0.5, 0.6) is 0 Å². The van der Waals surface area contributed by atoms with E-state index in [1.807, 2.05) is 30.3 Å². The van der Waals surface area contributed by atoms with E-state index in [4.69, 9.17) is 4.43 Å². The van der Waals surface area contributed by atoms with E-state index in [2.05, 4.69) is 45.8 Å². The van der Waals surface area contributed by atoms with Gasteiger partial charge in [0.15, 0.2) is 8.32 Å². The molecule has 0 aliphatic heterocycles. The maximum absolute atomic E-state index is 12.7. The summed E-state index contributed by atoms with van der Waals surface area (Å²) in [5, 5.41) is 12.6. The lowest BCUT2D eigenvalue weighted by atomic mass is 10.1. The lowest BCUT2D eigenvalue weighted by molar-refractivity contribution is -0.129. The molecule has 1 aromatic rings. The Morgan fingerprint density at radius 3 is 2.38 bits per heavy atom. The fourth-order valence-corrected chi connectivity index (χ4v) is 3.34. The van der Waals surface area contributed by atoms with Gasteiger partial charge >= 0.3 is 0 Å². The summed E-state index contributed by atoms with van der Waals surface area (Å²) in [6.07, 6.45) is 1.57. The van der Waals surface area contributed by atoms with Crippen LogP contribution in [0.4, 0.5) is 0 Å². The van der Waals surface area contributed by atoms with Crippen LogP contribution in [0.3, 0.4) is 0 Å². The summed E-state index contributed by atoms with van der Waals surface area (Å²) in [6.45, 7) is 14.3. The summed E-state index contributed by atoms with van der Waals surface area (Å²) in [5.74, 6) is -0.206. The van der Waals surface area contributed by atoms with Crippen molar-refractivity contribution in [3.63, 3.8) is 0 Å². The number of amides is 1. The summed E-state index contributed by atoms with van der Waals surface area (Å²) >= 11 is 0. The van der Waals surface area contributed by atoms with Gasteiger partial charge in [0.1, 0.15) is 6.10 Å². The highest BCUT2D eigenvalue weighted by Gasteiger charge is 2.40. The largest absolute Gasteiger partial charge is 0.405 e. The normalized spacial score (nSPS) is 14.8. The third-order valence-electron chi connectivity index (χ3n) is 4.62. The lowest BCUT2D eigenvalue weighted by Gasteiger charge is -2.39. The van der Waals surface area contributed by atoms with Crippen LogP contribution in [0, 0.1) is 0 Å². The number of nitrogens with one attached hydrogen (secondary N) is 1. The first-order chi connectivity index (χ1) is 11.1. The first-order valence-electron chi connectivity index (χ1n) is 8.37. The van der Waals surface area contributed by atoms with Gasteiger partial charge in [-0.2, -0.15) is 0 Å². The van der Waals surface area contributed by atoms with Crippen LogP contribution < -0.4 is 5.32 Å². The minimum atomic E-state index is -2.08. The number of carbonyl (C=O) groups is 1. The second-order valence-electron chi connectivity index (χ2n) is 7.55. The van der Waals surface area contributed by atoms with Crippen molar-refractivity contribution < 1.29 is 14.3 Å². The molecular formula is C19H31NO3Si. The van der Waals surface area contributed by atoms with Gasteiger partial charge in [0.05, 0.1) is 12.6 Å². The Morgan fingerprint density at radius 2 is 1.92 bits per heavy atom. The minimum Gasteiger partial charge on any atom is -0.405 e. The molecule has 0 radical (unpaired) electrons. The predicted molar refractivity (Wildman–Crippen MR) is 101 cm³/mol. The number of hydrogen-bond donors (Lipinski definition) is 2. The monoisotopic (exact) mass is 349 g/mol. The van der Waals surface area contributed by atoms with Gasteiger partial charge in [-0.05, 0) is 30.1 Å². The predicted octanol–water partition coefficient (Wildman–Crippen LogP) is 3.80. The Kier molecular flexibility index (Phi) is 7.39. The van der Waals surface area contributed by atoms with Crippen LogP contribution in [0.2, 0.25) is 18.1 Å². The zero-order valence-corrected chi connectivity index (χ0v) is 16.5. The molecule has 2 N–H and O–H groups in total. The van der Waals surface area contributed by atoms with E-state index in [0.717, 1.165) is 5.56 Å². The molecule has 0 saturated heterocycles. The number of rotatable bonds is 8. The maximum Gasteiger partial charge on any atom is 0.248 e. The Labute approximate surface area is 147 Å². The molecule has 1 amide bonds. The fraction of sp³-hybridized carbons (Fsp3) is 0.526. The van der Waals surface area contributed by atoms with E-state index >= 15 is 0 Å². The average Bonchev–Trinajstić information content (AvgIpc) is 2.51. The molecule has 4 nitrogen and oxygen atoms in total. The van der Waals surface area contributed by atoms with Gasteiger partial charge in [0.2, 0.25) is 5.91 Å². The van der Waals surface area contributed by atoms with E-state index in [1.165, 1.54) is 0 Å². The van der Waals surface area contributed by atoms with Crippen molar-refractivity contribution >= 4 is 14.2 Å². The van der Waals surface area contributed by atoms with Gasteiger partial charge in [-0.1, -0.05) is 57.2 Å². The number of hydrogen-bond acceptors (Lipinski definition) is 3. The molecule has 0 aliphatic rings. The van der Waals surface area contributed by atoms with Crippen LogP contribution in [0.15, 0.2) is 43.0 Å². The number of aliphatic hydroxyl groups excluding tert-OH is 1. The smallest absolute Gasteiger partial charge is 0.248 e. The van der Waals surface area contributed by atoms with Crippen molar-refractivity contribution in [2.24, 2.45) is 0 Å². The van der Waals surface area contributed by atoms with Crippen LogP contribution in [0.25, 0.3) is 0 Å². The molecule has 0 spiro atoms. The van der Waals surface area contributed by atoms with Crippen LogP contribution >= 0.6 is 0 Å². The lowest BCUT2D eigenvalue weighted by Crippen LogP contribution is -2.49. The standard InChI is InChI=1S/C19H31NO3Si/c1-7-11-17(23-24(5,6)19(2,3)4)18(22)20-16(14-21)15-12-9-8-10-13-15/h7-10,12-13,16-17,21H,1,11,14H2,2-6H3,(H,20,22)/t16-,17?/m0/s1. The topological polar surface area (TPSA) is 58.6 Å². The van der Waals surface area contributed by atoms with Gasteiger partial charge in [0, 0.05) is 0 Å². The Bertz CT molecular complexity index is 537. The summed E-state index contributed by atoms with van der Waals surface area (Å²) in [6, 6.07) is 9.01. The van der Waals surface area contributed by atoms with E-state index < -0.39 is 20.5 Å². The maximum atomic E-state index is 12.7. The summed E-state index contributed by atoms with van der Waals surface area (Å²) in [4.78, 5) is 12.7. The molecule has 1 aromatic carbocycles. The third kappa shape index (κ3) is 5.58. The molecule has 0 bridgehead atoms. The minimum absolute atomic E-state index is 0.0164. The first kappa shape index (κ1) is 20.6. The van der Waals surface area contributed by atoms with E-state index in [1.54, 1.807) is 6.08 Å². The molecular weight excluding hydrogens is 318 g/mol. The van der Waals surface area contributed by atoms with Crippen molar-refractivity contribution in [1.29, 1.82) is 0 Å². The molecule has 0 fully saturated rings. The second kappa shape index (κ2) is 8.60. The molecule has 5 heteroatoms. The third-order valence-corrected chi connectivity index (χ3v) is 9.10.